The molecule has 4 rings (SSSR count). The van der Waals surface area contributed by atoms with Crippen LogP contribution in [-0.2, 0) is 13.0 Å². The van der Waals surface area contributed by atoms with Crippen LogP contribution in [0.2, 0.25) is 0 Å². The average Bonchev–Trinajstić information content (AvgIpc) is 3.04. The minimum Gasteiger partial charge on any atom is -0.337 e. The number of rotatable bonds is 4. The number of benzene rings is 2. The summed E-state index contributed by atoms with van der Waals surface area (Å²) < 4.78 is 0. The van der Waals surface area contributed by atoms with Gasteiger partial charge in [-0.3, -0.25) is 9.78 Å². The van der Waals surface area contributed by atoms with Gasteiger partial charge in [-0.15, -0.1) is 0 Å². The van der Waals surface area contributed by atoms with Gasteiger partial charge in [-0.2, -0.15) is 0 Å². The first-order chi connectivity index (χ1) is 13.1. The predicted molar refractivity (Wildman–Crippen MR) is 108 cm³/mol. The van der Waals surface area contributed by atoms with Gasteiger partial charge in [-0.1, -0.05) is 48.5 Å². The van der Waals surface area contributed by atoms with E-state index in [2.05, 4.69) is 41.1 Å². The third-order valence-corrected chi connectivity index (χ3v) is 5.07. The highest BCUT2D eigenvalue weighted by atomic mass is 16.2. The maximum Gasteiger partial charge on any atom is 0.255 e. The fourth-order valence-electron chi connectivity index (χ4n) is 3.78. The van der Waals surface area contributed by atoms with E-state index in [0.717, 1.165) is 17.7 Å². The molecule has 1 aliphatic heterocycles. The molecule has 2 heterocycles. The van der Waals surface area contributed by atoms with Crippen molar-refractivity contribution in [1.29, 1.82) is 0 Å². The maximum atomic E-state index is 12.9. The van der Waals surface area contributed by atoms with Gasteiger partial charge in [0.15, 0.2) is 0 Å². The molecule has 0 spiro atoms. The number of aromatic nitrogens is 1. The molecule has 1 unspecified atom stereocenters. The molecule has 2 aromatic carbocycles. The molecule has 4 nitrogen and oxygen atoms in total. The van der Waals surface area contributed by atoms with E-state index in [1.165, 1.54) is 11.3 Å². The smallest absolute Gasteiger partial charge is 0.255 e. The molecule has 0 saturated heterocycles. The molecule has 1 aromatic heterocycles. The summed E-state index contributed by atoms with van der Waals surface area (Å²) in [5.74, 6) is -0.0201. The zero-order valence-electron chi connectivity index (χ0n) is 15.7. The number of carbonyl (C=O) groups excluding carboxylic acids is 1. The van der Waals surface area contributed by atoms with Gasteiger partial charge in [0.1, 0.15) is 0 Å². The zero-order chi connectivity index (χ0) is 18.8. The third-order valence-electron chi connectivity index (χ3n) is 5.07. The van der Waals surface area contributed by atoms with E-state index in [4.69, 9.17) is 0 Å². The predicted octanol–water partition coefficient (Wildman–Crippen LogP) is 4.44. The van der Waals surface area contributed by atoms with Crippen molar-refractivity contribution in [2.75, 3.05) is 11.9 Å². The first kappa shape index (κ1) is 17.3. The van der Waals surface area contributed by atoms with Crippen LogP contribution in [0.4, 0.5) is 11.4 Å². The van der Waals surface area contributed by atoms with Gasteiger partial charge < -0.3 is 9.80 Å². The van der Waals surface area contributed by atoms with Crippen LogP contribution < -0.4 is 4.90 Å². The molecule has 1 aliphatic rings. The molecule has 3 aromatic rings. The summed E-state index contributed by atoms with van der Waals surface area (Å²) >= 11 is 0. The first-order valence-corrected chi connectivity index (χ1v) is 9.25. The molecular weight excluding hydrogens is 334 g/mol. The Balaban J connectivity index is 1.58. The van der Waals surface area contributed by atoms with Crippen LogP contribution in [0.25, 0.3) is 0 Å². The van der Waals surface area contributed by atoms with Gasteiger partial charge in [0.2, 0.25) is 0 Å². The van der Waals surface area contributed by atoms with E-state index < -0.39 is 0 Å². The van der Waals surface area contributed by atoms with E-state index in [1.54, 1.807) is 11.1 Å². The van der Waals surface area contributed by atoms with E-state index in [-0.39, 0.29) is 5.91 Å². The Labute approximate surface area is 160 Å². The van der Waals surface area contributed by atoms with Crippen molar-refractivity contribution in [2.45, 2.75) is 25.9 Å². The Bertz CT molecular complexity index is 955. The minimum atomic E-state index is -0.0201. The monoisotopic (exact) mass is 357 g/mol. The van der Waals surface area contributed by atoms with E-state index in [9.17, 15) is 4.79 Å². The summed E-state index contributed by atoms with van der Waals surface area (Å²) in [7, 11) is 1.83. The fourth-order valence-corrected chi connectivity index (χ4v) is 3.78. The number of para-hydroxylation sites is 1. The molecule has 0 saturated carbocycles. The standard InChI is InChI=1S/C23H23N3O/c1-17-12-19-10-6-7-11-22(19)26(17)21-13-20(14-24-15-21)23(27)25(2)16-18-8-4-3-5-9-18/h3-11,13-15,17H,12,16H2,1-2H3. The zero-order valence-corrected chi connectivity index (χ0v) is 15.7. The van der Waals surface area contributed by atoms with Crippen LogP contribution in [0.5, 0.6) is 0 Å². The molecule has 0 fully saturated rings. The second-order valence-corrected chi connectivity index (χ2v) is 7.13. The van der Waals surface area contributed by atoms with E-state index in [0.29, 0.717) is 18.2 Å². The third kappa shape index (κ3) is 3.43. The quantitative estimate of drug-likeness (QED) is 0.693. The van der Waals surface area contributed by atoms with Gasteiger partial charge >= 0.3 is 0 Å². The summed E-state index contributed by atoms with van der Waals surface area (Å²) in [4.78, 5) is 21.3. The number of pyridine rings is 1. The van der Waals surface area contributed by atoms with Gasteiger partial charge in [-0.05, 0) is 36.6 Å². The lowest BCUT2D eigenvalue weighted by Gasteiger charge is -2.25. The second-order valence-electron chi connectivity index (χ2n) is 7.13. The number of anilines is 2. The highest BCUT2D eigenvalue weighted by Gasteiger charge is 2.27. The topological polar surface area (TPSA) is 36.4 Å². The molecule has 0 radical (unpaired) electrons. The molecule has 4 heteroatoms. The highest BCUT2D eigenvalue weighted by Crippen LogP contribution is 2.37. The Hall–Kier alpha value is -3.14. The number of carbonyl (C=O) groups is 1. The van der Waals surface area contributed by atoms with E-state index in [1.807, 2.05) is 49.6 Å². The lowest BCUT2D eigenvalue weighted by Crippen LogP contribution is -2.27. The molecule has 0 N–H and O–H groups in total. The SMILES string of the molecule is CC1Cc2ccccc2N1c1cncc(C(=O)N(C)Cc2ccccc2)c1. The van der Waals surface area contributed by atoms with Gasteiger partial charge in [0.05, 0.1) is 17.4 Å². The van der Waals surface area contributed by atoms with Crippen LogP contribution in [0, 0.1) is 0 Å². The van der Waals surface area contributed by atoms with Crippen LogP contribution in [-0.4, -0.2) is 28.9 Å². The fraction of sp³-hybridized carbons (Fsp3) is 0.217. The molecule has 0 aliphatic carbocycles. The van der Waals surface area contributed by atoms with Crippen molar-refractivity contribution in [3.8, 4) is 0 Å². The number of nitrogens with zero attached hydrogens (tertiary/aromatic N) is 3. The van der Waals surface area contributed by atoms with Crippen molar-refractivity contribution >= 4 is 17.3 Å². The van der Waals surface area contributed by atoms with Crippen LogP contribution in [0.1, 0.15) is 28.4 Å². The van der Waals surface area contributed by atoms with E-state index >= 15 is 0 Å². The number of fused-ring (bicyclic) bond motifs is 1. The van der Waals surface area contributed by atoms with Crippen molar-refractivity contribution in [3.05, 3.63) is 89.7 Å². The molecule has 1 atom stereocenters. The van der Waals surface area contributed by atoms with Gasteiger partial charge in [0, 0.05) is 31.5 Å². The Kier molecular flexibility index (Phi) is 4.63. The Morgan fingerprint density at radius 2 is 1.85 bits per heavy atom. The Morgan fingerprint density at radius 3 is 2.67 bits per heavy atom. The number of hydrogen-bond acceptors (Lipinski definition) is 3. The summed E-state index contributed by atoms with van der Waals surface area (Å²) in [6.07, 6.45) is 4.49. The van der Waals surface area contributed by atoms with Gasteiger partial charge in [-0.25, -0.2) is 0 Å². The van der Waals surface area contributed by atoms with Crippen molar-refractivity contribution in [1.82, 2.24) is 9.88 Å². The van der Waals surface area contributed by atoms with Gasteiger partial charge in [0.25, 0.3) is 5.91 Å². The molecule has 136 valence electrons. The van der Waals surface area contributed by atoms with Crippen LogP contribution in [0.15, 0.2) is 73.1 Å². The van der Waals surface area contributed by atoms with Crippen molar-refractivity contribution < 1.29 is 4.79 Å². The van der Waals surface area contributed by atoms with Crippen LogP contribution >= 0.6 is 0 Å². The Morgan fingerprint density at radius 1 is 1.11 bits per heavy atom. The molecular formula is C23H23N3O. The number of amides is 1. The van der Waals surface area contributed by atoms with Crippen molar-refractivity contribution in [3.63, 3.8) is 0 Å². The summed E-state index contributed by atoms with van der Waals surface area (Å²) in [6, 6.07) is 20.7. The maximum absolute atomic E-state index is 12.9. The molecule has 0 bridgehead atoms. The normalized spacial score (nSPS) is 15.5. The second kappa shape index (κ2) is 7.23. The summed E-state index contributed by atoms with van der Waals surface area (Å²) in [5.41, 5.74) is 5.23. The van der Waals surface area contributed by atoms with Crippen LogP contribution in [0.3, 0.4) is 0 Å². The minimum absolute atomic E-state index is 0.0201. The molecule has 1 amide bonds. The lowest BCUT2D eigenvalue weighted by molar-refractivity contribution is 0.0784. The van der Waals surface area contributed by atoms with Crippen molar-refractivity contribution in [2.24, 2.45) is 0 Å². The summed E-state index contributed by atoms with van der Waals surface area (Å²) in [5, 5.41) is 0. The first-order valence-electron chi connectivity index (χ1n) is 9.25. The lowest BCUT2D eigenvalue weighted by atomic mass is 10.1. The average molecular weight is 357 g/mol. The summed E-state index contributed by atoms with van der Waals surface area (Å²) in [6.45, 7) is 2.78. The number of hydrogen-bond donors (Lipinski definition) is 0. The molecule has 27 heavy (non-hydrogen) atoms. The highest BCUT2D eigenvalue weighted by molar-refractivity contribution is 5.95. The largest absolute Gasteiger partial charge is 0.337 e.